The molecule has 2 aromatic carbocycles. The van der Waals surface area contributed by atoms with Crippen molar-refractivity contribution in [3.8, 4) is 11.5 Å². The molecule has 1 N–H and O–H groups in total. The van der Waals surface area contributed by atoms with Gasteiger partial charge in [-0.25, -0.2) is 4.79 Å². The second kappa shape index (κ2) is 9.91. The van der Waals surface area contributed by atoms with E-state index in [-0.39, 0.29) is 30.8 Å². The first-order valence-corrected chi connectivity index (χ1v) is 10.8. The highest BCUT2D eigenvalue weighted by molar-refractivity contribution is 6.02. The Hall–Kier alpha value is -3.59. The summed E-state index contributed by atoms with van der Waals surface area (Å²) in [7, 11) is 0. The lowest BCUT2D eigenvalue weighted by Crippen LogP contribution is -2.49. The largest absolute Gasteiger partial charge is 0.454 e. The zero-order valence-electron chi connectivity index (χ0n) is 18.8. The summed E-state index contributed by atoms with van der Waals surface area (Å²) >= 11 is 0. The molecule has 0 aliphatic carbocycles. The van der Waals surface area contributed by atoms with E-state index >= 15 is 0 Å². The fourth-order valence-electron chi connectivity index (χ4n) is 3.93. The van der Waals surface area contributed by atoms with Gasteiger partial charge in [0.05, 0.1) is 11.3 Å². The van der Waals surface area contributed by atoms with Crippen LogP contribution in [0.1, 0.15) is 28.4 Å². The van der Waals surface area contributed by atoms with E-state index in [0.717, 1.165) is 42.3 Å². The van der Waals surface area contributed by atoms with Crippen LogP contribution in [0.25, 0.3) is 0 Å². The molecular weight excluding hydrogens is 426 g/mol. The molecule has 174 valence electrons. The number of rotatable bonds is 6. The van der Waals surface area contributed by atoms with Crippen LogP contribution in [-0.2, 0) is 20.9 Å². The average molecular weight is 453 g/mol. The molecule has 0 aromatic heterocycles. The molecule has 0 bridgehead atoms. The summed E-state index contributed by atoms with van der Waals surface area (Å²) in [4.78, 5) is 40.6. The normalized spacial score (nSPS) is 15.3. The summed E-state index contributed by atoms with van der Waals surface area (Å²) in [6, 6.07) is 11.0. The van der Waals surface area contributed by atoms with Crippen LogP contribution in [0.4, 0.5) is 5.69 Å². The number of amides is 2. The molecule has 2 aliphatic heterocycles. The van der Waals surface area contributed by atoms with Crippen molar-refractivity contribution in [1.82, 2.24) is 9.80 Å². The molecule has 0 radical (unpaired) electrons. The molecule has 33 heavy (non-hydrogen) atoms. The third-order valence-electron chi connectivity index (χ3n) is 5.69. The van der Waals surface area contributed by atoms with Crippen LogP contribution in [-0.4, -0.2) is 67.2 Å². The zero-order valence-corrected chi connectivity index (χ0v) is 18.8. The van der Waals surface area contributed by atoms with Crippen LogP contribution in [0.2, 0.25) is 0 Å². The quantitative estimate of drug-likeness (QED) is 0.670. The molecule has 2 heterocycles. The highest BCUT2D eigenvalue weighted by atomic mass is 16.7. The number of anilines is 1. The maximum atomic E-state index is 12.6. The maximum absolute atomic E-state index is 12.6. The number of carbonyl (C=O) groups is 3. The molecule has 2 aliphatic rings. The summed E-state index contributed by atoms with van der Waals surface area (Å²) in [5.41, 5.74) is 2.50. The van der Waals surface area contributed by atoms with Gasteiger partial charge in [0.2, 0.25) is 12.7 Å². The minimum atomic E-state index is -0.641. The number of para-hydroxylation sites is 1. The van der Waals surface area contributed by atoms with Gasteiger partial charge in [-0.2, -0.15) is 0 Å². The van der Waals surface area contributed by atoms with Crippen LogP contribution in [0.5, 0.6) is 11.5 Å². The van der Waals surface area contributed by atoms with Crippen LogP contribution in [0.3, 0.4) is 0 Å². The number of nitrogens with one attached hydrogen (secondary N) is 1. The highest BCUT2D eigenvalue weighted by Crippen LogP contribution is 2.32. The Bertz CT molecular complexity index is 1060. The van der Waals surface area contributed by atoms with Gasteiger partial charge in [-0.15, -0.1) is 0 Å². The van der Waals surface area contributed by atoms with Crippen molar-refractivity contribution in [3.63, 3.8) is 0 Å². The summed E-state index contributed by atoms with van der Waals surface area (Å²) in [5.74, 6) is 0.363. The predicted molar refractivity (Wildman–Crippen MR) is 120 cm³/mol. The van der Waals surface area contributed by atoms with Crippen LogP contribution in [0.15, 0.2) is 36.4 Å². The number of benzene rings is 2. The van der Waals surface area contributed by atoms with Gasteiger partial charge in [0, 0.05) is 39.6 Å². The smallest absolute Gasteiger partial charge is 0.340 e. The SMILES string of the molecule is CC(=O)Nc1c(C)cccc1C(=O)OCC(=O)N1CCN(Cc2ccc3c(c2)OCO3)CC1. The fourth-order valence-corrected chi connectivity index (χ4v) is 3.93. The van der Waals surface area contributed by atoms with Gasteiger partial charge in [-0.05, 0) is 36.2 Å². The van der Waals surface area contributed by atoms with E-state index in [0.29, 0.717) is 18.8 Å². The van der Waals surface area contributed by atoms with Gasteiger partial charge in [0.15, 0.2) is 18.1 Å². The second-order valence-corrected chi connectivity index (χ2v) is 8.10. The third-order valence-corrected chi connectivity index (χ3v) is 5.69. The predicted octanol–water partition coefficient (Wildman–Crippen LogP) is 2.18. The number of fused-ring (bicyclic) bond motifs is 1. The van der Waals surface area contributed by atoms with Crippen molar-refractivity contribution in [2.45, 2.75) is 20.4 Å². The molecule has 0 spiro atoms. The number of piperazine rings is 1. The van der Waals surface area contributed by atoms with Crippen molar-refractivity contribution >= 4 is 23.5 Å². The minimum Gasteiger partial charge on any atom is -0.454 e. The molecule has 9 heteroatoms. The minimum absolute atomic E-state index is 0.228. The Labute approximate surface area is 192 Å². The Kier molecular flexibility index (Phi) is 6.79. The topological polar surface area (TPSA) is 97.4 Å². The molecule has 0 atom stereocenters. The molecule has 9 nitrogen and oxygen atoms in total. The number of esters is 1. The number of hydrogen-bond acceptors (Lipinski definition) is 7. The van der Waals surface area contributed by atoms with Gasteiger partial charge in [-0.3, -0.25) is 14.5 Å². The Morgan fingerprint density at radius 1 is 1.03 bits per heavy atom. The zero-order chi connectivity index (χ0) is 23.4. The maximum Gasteiger partial charge on any atom is 0.340 e. The van der Waals surface area contributed by atoms with Crippen LogP contribution < -0.4 is 14.8 Å². The Morgan fingerprint density at radius 3 is 2.55 bits per heavy atom. The first kappa shape index (κ1) is 22.6. The number of hydrogen-bond donors (Lipinski definition) is 1. The molecule has 0 unspecified atom stereocenters. The van der Waals surface area contributed by atoms with E-state index < -0.39 is 5.97 Å². The van der Waals surface area contributed by atoms with Crippen molar-refractivity contribution < 1.29 is 28.6 Å². The van der Waals surface area contributed by atoms with E-state index in [2.05, 4.69) is 10.2 Å². The van der Waals surface area contributed by atoms with E-state index in [1.165, 1.54) is 6.92 Å². The number of nitrogens with zero attached hydrogens (tertiary/aromatic N) is 2. The van der Waals surface area contributed by atoms with Crippen LogP contribution in [0, 0.1) is 6.92 Å². The molecule has 0 saturated carbocycles. The lowest BCUT2D eigenvalue weighted by atomic mass is 10.1. The summed E-state index contributed by atoms with van der Waals surface area (Å²) in [6.07, 6.45) is 0. The number of ether oxygens (including phenoxy) is 3. The fraction of sp³-hybridized carbons (Fsp3) is 0.375. The standard InChI is InChI=1S/C24H27N3O6/c1-16-4-3-5-19(23(16)25-17(2)28)24(30)31-14-22(29)27-10-8-26(9-11-27)13-18-6-7-20-21(12-18)33-15-32-20/h3-7,12H,8-11,13-15H2,1-2H3,(H,25,28). The van der Waals surface area contributed by atoms with E-state index in [1.54, 1.807) is 30.0 Å². The summed E-state index contributed by atoms with van der Waals surface area (Å²) < 4.78 is 16.0. The van der Waals surface area contributed by atoms with Crippen molar-refractivity contribution in [2.24, 2.45) is 0 Å². The second-order valence-electron chi connectivity index (χ2n) is 8.10. The summed E-state index contributed by atoms with van der Waals surface area (Å²) in [6.45, 7) is 6.39. The monoisotopic (exact) mass is 453 g/mol. The van der Waals surface area contributed by atoms with E-state index in [1.807, 2.05) is 18.2 Å². The van der Waals surface area contributed by atoms with Crippen molar-refractivity contribution in [1.29, 1.82) is 0 Å². The van der Waals surface area contributed by atoms with Crippen LogP contribution >= 0.6 is 0 Å². The first-order valence-electron chi connectivity index (χ1n) is 10.8. The van der Waals surface area contributed by atoms with E-state index in [4.69, 9.17) is 14.2 Å². The van der Waals surface area contributed by atoms with E-state index in [9.17, 15) is 14.4 Å². The average Bonchev–Trinajstić information content (AvgIpc) is 3.27. The van der Waals surface area contributed by atoms with Gasteiger partial charge in [0.25, 0.3) is 5.91 Å². The molecule has 2 amide bonds. The lowest BCUT2D eigenvalue weighted by Gasteiger charge is -2.34. The van der Waals surface area contributed by atoms with Gasteiger partial charge in [-0.1, -0.05) is 18.2 Å². The van der Waals surface area contributed by atoms with Gasteiger partial charge >= 0.3 is 5.97 Å². The molecule has 2 aromatic rings. The van der Waals surface area contributed by atoms with Crippen molar-refractivity contribution in [2.75, 3.05) is 44.9 Å². The highest BCUT2D eigenvalue weighted by Gasteiger charge is 2.24. The number of aryl methyl sites for hydroxylation is 1. The lowest BCUT2D eigenvalue weighted by molar-refractivity contribution is -0.136. The molecule has 4 rings (SSSR count). The molecular formula is C24H27N3O6. The van der Waals surface area contributed by atoms with Crippen molar-refractivity contribution in [3.05, 3.63) is 53.1 Å². The van der Waals surface area contributed by atoms with Gasteiger partial charge < -0.3 is 24.4 Å². The van der Waals surface area contributed by atoms with Gasteiger partial charge in [0.1, 0.15) is 0 Å². The summed E-state index contributed by atoms with van der Waals surface area (Å²) in [5, 5.41) is 2.66. The Morgan fingerprint density at radius 2 is 1.79 bits per heavy atom. The first-order chi connectivity index (χ1) is 15.9. The molecule has 1 saturated heterocycles. The third kappa shape index (κ3) is 5.43. The molecule has 1 fully saturated rings. The Balaban J connectivity index is 1.26. The number of carbonyl (C=O) groups excluding carboxylic acids is 3.